The Kier molecular flexibility index (Phi) is 7.60. The highest BCUT2D eigenvalue weighted by molar-refractivity contribution is 7.86. The van der Waals surface area contributed by atoms with E-state index in [-0.39, 0.29) is 6.04 Å². The second kappa shape index (κ2) is 8.46. The number of rotatable bonds is 8. The molecule has 2 unspecified atom stereocenters. The molecule has 0 bridgehead atoms. The van der Waals surface area contributed by atoms with E-state index in [1.54, 1.807) is 15.7 Å². The fourth-order valence-corrected chi connectivity index (χ4v) is 4.50. The summed E-state index contributed by atoms with van der Waals surface area (Å²) in [4.78, 5) is 0. The second-order valence-corrected chi connectivity index (χ2v) is 8.58. The molecule has 2 atom stereocenters. The van der Waals surface area contributed by atoms with E-state index in [0.29, 0.717) is 25.0 Å². The van der Waals surface area contributed by atoms with Gasteiger partial charge < -0.3 is 5.32 Å². The van der Waals surface area contributed by atoms with Crippen molar-refractivity contribution in [3.8, 4) is 0 Å². The minimum atomic E-state index is -3.32. The van der Waals surface area contributed by atoms with Crippen LogP contribution in [-0.4, -0.2) is 55.8 Å². The Balaban J connectivity index is 2.65. The molecule has 0 radical (unpaired) electrons. The quantitative estimate of drug-likeness (QED) is 0.745. The molecule has 1 rings (SSSR count). The van der Waals surface area contributed by atoms with Crippen LogP contribution in [0.2, 0.25) is 0 Å². The molecule has 21 heavy (non-hydrogen) atoms. The van der Waals surface area contributed by atoms with Crippen molar-refractivity contribution in [2.45, 2.75) is 65.5 Å². The highest BCUT2D eigenvalue weighted by Crippen LogP contribution is 2.22. The Morgan fingerprint density at radius 3 is 2.57 bits per heavy atom. The monoisotopic (exact) mass is 319 g/mol. The molecule has 5 nitrogen and oxygen atoms in total. The van der Waals surface area contributed by atoms with Gasteiger partial charge in [0.25, 0.3) is 10.2 Å². The lowest BCUT2D eigenvalue weighted by Crippen LogP contribution is -2.50. The average molecular weight is 320 g/mol. The summed E-state index contributed by atoms with van der Waals surface area (Å²) < 4.78 is 28.7. The van der Waals surface area contributed by atoms with Gasteiger partial charge in [0.15, 0.2) is 0 Å². The zero-order chi connectivity index (χ0) is 16.0. The summed E-state index contributed by atoms with van der Waals surface area (Å²) in [6.45, 7) is 10.5. The summed E-state index contributed by atoms with van der Waals surface area (Å²) in [5.41, 5.74) is 0. The number of hydrogen-bond acceptors (Lipinski definition) is 3. The highest BCUT2D eigenvalue weighted by atomic mass is 32.2. The first kappa shape index (κ1) is 18.9. The fraction of sp³-hybridized carbons (Fsp3) is 1.00. The molecule has 126 valence electrons. The SMILES string of the molecule is CCCC(C)N(C)S(=O)(=O)N1CCCC(CNC(C)C)C1. The normalized spacial score (nSPS) is 22.9. The molecule has 0 aliphatic carbocycles. The van der Waals surface area contributed by atoms with E-state index in [2.05, 4.69) is 26.1 Å². The minimum absolute atomic E-state index is 0.0640. The Hall–Kier alpha value is -0.170. The van der Waals surface area contributed by atoms with Crippen molar-refractivity contribution in [3.05, 3.63) is 0 Å². The van der Waals surface area contributed by atoms with Crippen molar-refractivity contribution in [1.29, 1.82) is 0 Å². The van der Waals surface area contributed by atoms with E-state index >= 15 is 0 Å². The van der Waals surface area contributed by atoms with Gasteiger partial charge >= 0.3 is 0 Å². The molecule has 1 aliphatic rings. The summed E-state index contributed by atoms with van der Waals surface area (Å²) in [6.07, 6.45) is 3.98. The third-order valence-electron chi connectivity index (χ3n) is 4.31. The van der Waals surface area contributed by atoms with Gasteiger partial charge in [-0.15, -0.1) is 0 Å². The minimum Gasteiger partial charge on any atom is -0.314 e. The van der Waals surface area contributed by atoms with Gasteiger partial charge in [-0.2, -0.15) is 17.0 Å². The molecule has 1 fully saturated rings. The molecule has 0 aromatic heterocycles. The molecule has 1 N–H and O–H groups in total. The van der Waals surface area contributed by atoms with Gasteiger partial charge in [0.2, 0.25) is 0 Å². The lowest BCUT2D eigenvalue weighted by molar-refractivity contribution is 0.235. The third-order valence-corrected chi connectivity index (χ3v) is 6.39. The Bertz CT molecular complexity index is 398. The second-order valence-electron chi connectivity index (χ2n) is 6.59. The van der Waals surface area contributed by atoms with Crippen molar-refractivity contribution in [2.24, 2.45) is 5.92 Å². The van der Waals surface area contributed by atoms with Crippen LogP contribution >= 0.6 is 0 Å². The zero-order valence-corrected chi connectivity index (χ0v) is 15.1. The van der Waals surface area contributed by atoms with E-state index in [4.69, 9.17) is 0 Å². The number of nitrogens with one attached hydrogen (secondary N) is 1. The van der Waals surface area contributed by atoms with Crippen LogP contribution in [0.15, 0.2) is 0 Å². The number of nitrogens with zero attached hydrogens (tertiary/aromatic N) is 2. The summed E-state index contributed by atoms with van der Waals surface area (Å²) in [5, 5.41) is 3.42. The van der Waals surface area contributed by atoms with E-state index in [1.165, 1.54) is 0 Å². The van der Waals surface area contributed by atoms with Crippen LogP contribution < -0.4 is 5.32 Å². The predicted molar refractivity (Wildman–Crippen MR) is 88.5 cm³/mol. The van der Waals surface area contributed by atoms with E-state index in [0.717, 1.165) is 32.2 Å². The van der Waals surface area contributed by atoms with E-state index in [1.807, 2.05) is 6.92 Å². The van der Waals surface area contributed by atoms with Crippen LogP contribution in [0.4, 0.5) is 0 Å². The van der Waals surface area contributed by atoms with Gasteiger partial charge in [0.1, 0.15) is 0 Å². The van der Waals surface area contributed by atoms with Gasteiger partial charge in [-0.3, -0.25) is 0 Å². The topological polar surface area (TPSA) is 52.7 Å². The van der Waals surface area contributed by atoms with Crippen molar-refractivity contribution in [3.63, 3.8) is 0 Å². The molecular formula is C15H33N3O2S. The molecule has 6 heteroatoms. The van der Waals surface area contributed by atoms with E-state index in [9.17, 15) is 8.42 Å². The van der Waals surface area contributed by atoms with Crippen LogP contribution in [-0.2, 0) is 10.2 Å². The maximum absolute atomic E-state index is 12.7. The van der Waals surface area contributed by atoms with E-state index < -0.39 is 10.2 Å². The summed E-state index contributed by atoms with van der Waals surface area (Å²) in [6, 6.07) is 0.512. The first-order valence-corrected chi connectivity index (χ1v) is 9.65. The molecule has 0 spiro atoms. The zero-order valence-electron chi connectivity index (χ0n) is 14.3. The van der Waals surface area contributed by atoms with Crippen LogP contribution in [0.3, 0.4) is 0 Å². The third kappa shape index (κ3) is 5.51. The standard InChI is InChI=1S/C15H33N3O2S/c1-6-8-14(4)17(5)21(19,20)18-10-7-9-15(12-18)11-16-13(2)3/h13-16H,6-12H2,1-5H3. The molecule has 1 saturated heterocycles. The first-order chi connectivity index (χ1) is 9.78. The van der Waals surface area contributed by atoms with Gasteiger partial charge in [-0.05, 0) is 38.6 Å². The average Bonchev–Trinajstić information content (AvgIpc) is 2.44. The Morgan fingerprint density at radius 1 is 1.33 bits per heavy atom. The summed E-state index contributed by atoms with van der Waals surface area (Å²) in [5.74, 6) is 0.422. The van der Waals surface area contributed by atoms with Crippen molar-refractivity contribution >= 4 is 10.2 Å². The smallest absolute Gasteiger partial charge is 0.281 e. The Morgan fingerprint density at radius 2 is 2.00 bits per heavy atom. The largest absolute Gasteiger partial charge is 0.314 e. The van der Waals surface area contributed by atoms with Gasteiger partial charge in [-0.25, -0.2) is 0 Å². The first-order valence-electron chi connectivity index (χ1n) is 8.25. The molecule has 0 amide bonds. The summed E-state index contributed by atoms with van der Waals surface area (Å²) >= 11 is 0. The lowest BCUT2D eigenvalue weighted by Gasteiger charge is -2.36. The highest BCUT2D eigenvalue weighted by Gasteiger charge is 2.33. The van der Waals surface area contributed by atoms with Crippen LogP contribution in [0.1, 0.15) is 53.4 Å². The maximum atomic E-state index is 12.7. The summed E-state index contributed by atoms with van der Waals surface area (Å²) in [7, 11) is -1.60. The predicted octanol–water partition coefficient (Wildman–Crippen LogP) is 2.06. The molecular weight excluding hydrogens is 286 g/mol. The van der Waals surface area contributed by atoms with Crippen LogP contribution in [0.5, 0.6) is 0 Å². The molecule has 1 heterocycles. The van der Waals surface area contributed by atoms with Crippen molar-refractivity contribution in [2.75, 3.05) is 26.7 Å². The molecule has 0 saturated carbocycles. The lowest BCUT2D eigenvalue weighted by atomic mass is 9.99. The van der Waals surface area contributed by atoms with Crippen molar-refractivity contribution in [1.82, 2.24) is 13.9 Å². The number of piperidine rings is 1. The van der Waals surface area contributed by atoms with Crippen LogP contribution in [0, 0.1) is 5.92 Å². The Labute approximate surface area is 131 Å². The maximum Gasteiger partial charge on any atom is 0.281 e. The van der Waals surface area contributed by atoms with Gasteiger partial charge in [0.05, 0.1) is 0 Å². The van der Waals surface area contributed by atoms with Crippen molar-refractivity contribution < 1.29 is 8.42 Å². The fourth-order valence-electron chi connectivity index (χ4n) is 2.81. The molecule has 0 aromatic carbocycles. The molecule has 0 aromatic rings. The van der Waals surface area contributed by atoms with Gasteiger partial charge in [-0.1, -0.05) is 27.2 Å². The van der Waals surface area contributed by atoms with Crippen LogP contribution in [0.25, 0.3) is 0 Å². The van der Waals surface area contributed by atoms with Gasteiger partial charge in [0, 0.05) is 32.2 Å². The number of hydrogen-bond donors (Lipinski definition) is 1. The molecule has 1 aliphatic heterocycles.